The number of imidazole rings is 1. The van der Waals surface area contributed by atoms with Gasteiger partial charge in [-0.05, 0) is 61.7 Å². The zero-order valence-electron chi connectivity index (χ0n) is 16.7. The highest BCUT2D eigenvalue weighted by Crippen LogP contribution is 2.26. The second kappa shape index (κ2) is 7.59. The number of fused-ring (bicyclic) bond motifs is 1. The summed E-state index contributed by atoms with van der Waals surface area (Å²) in [6.07, 6.45) is 7.45. The second-order valence-electron chi connectivity index (χ2n) is 7.53. The van der Waals surface area contributed by atoms with Crippen molar-refractivity contribution in [3.8, 4) is 11.4 Å². The molecule has 0 spiro atoms. The molecule has 0 atom stereocenters. The Bertz CT molecular complexity index is 1210. The molecule has 1 aliphatic rings. The maximum Gasteiger partial charge on any atom is 0.258 e. The smallest absolute Gasteiger partial charge is 0.258 e. The monoisotopic (exact) mass is 398 g/mol. The van der Waals surface area contributed by atoms with E-state index in [9.17, 15) is 4.79 Å². The van der Waals surface area contributed by atoms with Gasteiger partial charge in [-0.2, -0.15) is 0 Å². The molecule has 3 aromatic heterocycles. The zero-order chi connectivity index (χ0) is 20.5. The molecule has 1 aromatic carbocycles. The number of hydrogen-bond donors (Lipinski definition) is 2. The Morgan fingerprint density at radius 3 is 2.63 bits per heavy atom. The molecule has 1 amide bonds. The van der Waals surface area contributed by atoms with Crippen LogP contribution in [0.1, 0.15) is 28.8 Å². The molecule has 1 aliphatic heterocycles. The van der Waals surface area contributed by atoms with E-state index < -0.39 is 0 Å². The highest BCUT2D eigenvalue weighted by molar-refractivity contribution is 6.11. The molecule has 0 saturated carbocycles. The normalized spacial score (nSPS) is 13.7. The lowest BCUT2D eigenvalue weighted by molar-refractivity contribution is 0.102. The van der Waals surface area contributed by atoms with Gasteiger partial charge in [0.1, 0.15) is 5.82 Å². The molecule has 4 heterocycles. The number of H-pyrrole nitrogens is 1. The lowest BCUT2D eigenvalue weighted by Crippen LogP contribution is -2.17. The molecule has 0 unspecified atom stereocenters. The van der Waals surface area contributed by atoms with E-state index in [2.05, 4.69) is 54.4 Å². The Morgan fingerprint density at radius 1 is 1.07 bits per heavy atom. The van der Waals surface area contributed by atoms with Crippen LogP contribution in [0.5, 0.6) is 0 Å². The summed E-state index contributed by atoms with van der Waals surface area (Å²) >= 11 is 0. The molecular weight excluding hydrogens is 376 g/mol. The molecule has 7 nitrogen and oxygen atoms in total. The summed E-state index contributed by atoms with van der Waals surface area (Å²) in [7, 11) is 0. The number of rotatable bonds is 4. The van der Waals surface area contributed by atoms with Gasteiger partial charge >= 0.3 is 0 Å². The number of benzene rings is 1. The summed E-state index contributed by atoms with van der Waals surface area (Å²) in [5.74, 6) is 0.473. The number of aromatic nitrogens is 4. The topological polar surface area (TPSA) is 86.8 Å². The summed E-state index contributed by atoms with van der Waals surface area (Å²) in [4.78, 5) is 31.6. The van der Waals surface area contributed by atoms with Crippen LogP contribution in [0.15, 0.2) is 55.0 Å². The maximum atomic E-state index is 12.9. The van der Waals surface area contributed by atoms with Gasteiger partial charge in [0.2, 0.25) is 0 Å². The zero-order valence-corrected chi connectivity index (χ0v) is 16.7. The summed E-state index contributed by atoms with van der Waals surface area (Å²) in [6, 6.07) is 11.9. The van der Waals surface area contributed by atoms with Crippen LogP contribution in [0.3, 0.4) is 0 Å². The number of anilines is 2. The minimum Gasteiger partial charge on any atom is -0.372 e. The molecular formula is C23H22N6O. The molecule has 2 N–H and O–H groups in total. The molecule has 7 heteroatoms. The summed E-state index contributed by atoms with van der Waals surface area (Å²) in [5, 5.41) is 2.92. The third-order valence-electron chi connectivity index (χ3n) is 5.54. The highest BCUT2D eigenvalue weighted by atomic mass is 16.1. The molecule has 1 saturated heterocycles. The number of aromatic amines is 1. The van der Waals surface area contributed by atoms with Crippen molar-refractivity contribution < 1.29 is 4.79 Å². The van der Waals surface area contributed by atoms with Crippen molar-refractivity contribution >= 4 is 28.4 Å². The van der Waals surface area contributed by atoms with Crippen molar-refractivity contribution in [1.82, 2.24) is 19.9 Å². The first kappa shape index (κ1) is 18.3. The number of carbonyl (C=O) groups is 1. The average Bonchev–Trinajstić information content (AvgIpc) is 3.45. The predicted octanol–water partition coefficient (Wildman–Crippen LogP) is 4.18. The standard InChI is InChI=1S/C23H22N6O/c1-15-8-10-24-14-19(15)26-23(30)18-9-11-25-22-20(18)27-21(28-22)16-4-6-17(7-5-16)29-12-2-3-13-29/h4-11,14H,2-3,12-13H2,1H3,(H,26,30)(H,25,27,28). The molecule has 0 bridgehead atoms. The van der Waals surface area contributed by atoms with Gasteiger partial charge in [0, 0.05) is 36.7 Å². The first-order chi connectivity index (χ1) is 14.7. The quantitative estimate of drug-likeness (QED) is 0.538. The van der Waals surface area contributed by atoms with E-state index in [-0.39, 0.29) is 5.91 Å². The number of aryl methyl sites for hydroxylation is 1. The Morgan fingerprint density at radius 2 is 1.87 bits per heavy atom. The van der Waals surface area contributed by atoms with E-state index in [1.807, 2.05) is 13.0 Å². The fourth-order valence-corrected chi connectivity index (χ4v) is 3.83. The summed E-state index contributed by atoms with van der Waals surface area (Å²) in [6.45, 7) is 4.16. The average molecular weight is 398 g/mol. The van der Waals surface area contributed by atoms with Gasteiger partial charge in [-0.3, -0.25) is 9.78 Å². The van der Waals surface area contributed by atoms with E-state index in [0.29, 0.717) is 28.2 Å². The van der Waals surface area contributed by atoms with Crippen molar-refractivity contribution in [3.63, 3.8) is 0 Å². The summed E-state index contributed by atoms with van der Waals surface area (Å²) in [5.41, 5.74) is 5.47. The van der Waals surface area contributed by atoms with Gasteiger partial charge < -0.3 is 15.2 Å². The van der Waals surface area contributed by atoms with Crippen molar-refractivity contribution in [3.05, 3.63) is 66.1 Å². The third kappa shape index (κ3) is 3.39. The number of nitrogens with zero attached hydrogens (tertiary/aromatic N) is 4. The predicted molar refractivity (Wildman–Crippen MR) is 118 cm³/mol. The van der Waals surface area contributed by atoms with Crippen molar-refractivity contribution in [2.24, 2.45) is 0 Å². The van der Waals surface area contributed by atoms with Gasteiger partial charge in [-0.1, -0.05) is 0 Å². The van der Waals surface area contributed by atoms with Crippen LogP contribution >= 0.6 is 0 Å². The lowest BCUT2D eigenvalue weighted by atomic mass is 10.2. The third-order valence-corrected chi connectivity index (χ3v) is 5.54. The number of nitrogens with one attached hydrogen (secondary N) is 2. The Kier molecular flexibility index (Phi) is 4.63. The van der Waals surface area contributed by atoms with Crippen LogP contribution in [-0.2, 0) is 0 Å². The van der Waals surface area contributed by atoms with Crippen LogP contribution < -0.4 is 10.2 Å². The summed E-state index contributed by atoms with van der Waals surface area (Å²) < 4.78 is 0. The van der Waals surface area contributed by atoms with Gasteiger partial charge in [0.15, 0.2) is 5.65 Å². The van der Waals surface area contributed by atoms with Crippen LogP contribution in [0.25, 0.3) is 22.6 Å². The molecule has 0 aliphatic carbocycles. The first-order valence-electron chi connectivity index (χ1n) is 10.1. The van der Waals surface area contributed by atoms with Crippen molar-refractivity contribution in [2.75, 3.05) is 23.3 Å². The van der Waals surface area contributed by atoms with Crippen LogP contribution in [0.2, 0.25) is 0 Å². The number of hydrogen-bond acceptors (Lipinski definition) is 5. The largest absolute Gasteiger partial charge is 0.372 e. The Labute approximate surface area is 174 Å². The molecule has 1 fully saturated rings. The van der Waals surface area contributed by atoms with Gasteiger partial charge in [0.25, 0.3) is 5.91 Å². The van der Waals surface area contributed by atoms with Gasteiger partial charge in [-0.15, -0.1) is 0 Å². The van der Waals surface area contributed by atoms with Crippen molar-refractivity contribution in [2.45, 2.75) is 19.8 Å². The molecule has 4 aromatic rings. The molecule has 0 radical (unpaired) electrons. The SMILES string of the molecule is Cc1ccncc1NC(=O)c1ccnc2nc(-c3ccc(N4CCCC4)cc3)[nH]c12. The maximum absolute atomic E-state index is 12.9. The second-order valence-corrected chi connectivity index (χ2v) is 7.53. The van der Waals surface area contributed by atoms with Gasteiger partial charge in [0.05, 0.1) is 23.0 Å². The highest BCUT2D eigenvalue weighted by Gasteiger charge is 2.17. The van der Waals surface area contributed by atoms with Crippen molar-refractivity contribution in [1.29, 1.82) is 0 Å². The van der Waals surface area contributed by atoms with Crippen LogP contribution in [0.4, 0.5) is 11.4 Å². The van der Waals surface area contributed by atoms with Gasteiger partial charge in [-0.25, -0.2) is 9.97 Å². The minimum absolute atomic E-state index is 0.224. The van der Waals surface area contributed by atoms with E-state index >= 15 is 0 Å². The number of carbonyl (C=O) groups excluding carboxylic acids is 1. The fourth-order valence-electron chi connectivity index (χ4n) is 3.83. The molecule has 5 rings (SSSR count). The van der Waals surface area contributed by atoms with E-state index in [0.717, 1.165) is 24.2 Å². The fraction of sp³-hybridized carbons (Fsp3) is 0.217. The van der Waals surface area contributed by atoms with E-state index in [1.54, 1.807) is 24.7 Å². The van der Waals surface area contributed by atoms with Crippen LogP contribution in [-0.4, -0.2) is 38.9 Å². The number of pyridine rings is 2. The number of amides is 1. The molecule has 150 valence electrons. The van der Waals surface area contributed by atoms with Crippen LogP contribution in [0, 0.1) is 6.92 Å². The van der Waals surface area contributed by atoms with E-state index in [4.69, 9.17) is 0 Å². The van der Waals surface area contributed by atoms with E-state index in [1.165, 1.54) is 18.5 Å². The molecule has 30 heavy (non-hydrogen) atoms. The lowest BCUT2D eigenvalue weighted by Gasteiger charge is -2.17. The minimum atomic E-state index is -0.224. The Hall–Kier alpha value is -3.74. The first-order valence-corrected chi connectivity index (χ1v) is 10.1. The Balaban J connectivity index is 1.45.